The van der Waals surface area contributed by atoms with E-state index in [-0.39, 0.29) is 36.0 Å². The van der Waals surface area contributed by atoms with E-state index < -0.39 is 73.5 Å². The summed E-state index contributed by atoms with van der Waals surface area (Å²) in [5.41, 5.74) is 6.95. The van der Waals surface area contributed by atoms with Crippen molar-refractivity contribution < 1.29 is 48.6 Å². The lowest BCUT2D eigenvalue weighted by Gasteiger charge is -2.27. The van der Waals surface area contributed by atoms with Gasteiger partial charge in [-0.2, -0.15) is 0 Å². The summed E-state index contributed by atoms with van der Waals surface area (Å²) >= 11 is 1.21. The Morgan fingerprint density at radius 3 is 2.35 bits per heavy atom. The molecule has 3 aromatic rings. The summed E-state index contributed by atoms with van der Waals surface area (Å²) in [6.45, 7) is 1.26. The first-order valence-electron chi connectivity index (χ1n) is 14.8. The van der Waals surface area contributed by atoms with Crippen LogP contribution in [-0.2, 0) is 37.0 Å². The number of hydrogen-bond acceptors (Lipinski definition) is 11. The maximum Gasteiger partial charge on any atom is 0.491 e. The van der Waals surface area contributed by atoms with Gasteiger partial charge in [0.15, 0.2) is 5.78 Å². The molecule has 17 heteroatoms. The first-order chi connectivity index (χ1) is 22.9. The highest BCUT2D eigenvalue weighted by Gasteiger charge is 2.33. The predicted octanol–water partition coefficient (Wildman–Crippen LogP) is -1.74. The zero-order chi connectivity index (χ0) is 35.0. The molecule has 0 spiro atoms. The molecular weight excluding hydrogens is 642 g/mol. The third-order valence-corrected chi connectivity index (χ3v) is 8.70. The van der Waals surface area contributed by atoms with Gasteiger partial charge in [-0.1, -0.05) is 24.3 Å². The summed E-state index contributed by atoms with van der Waals surface area (Å²) < 4.78 is 5.19. The fraction of sp³-hybridized carbons (Fsp3) is 0.290. The number of aliphatic hydroxyl groups excluding tert-OH is 1. The van der Waals surface area contributed by atoms with Gasteiger partial charge in [-0.25, -0.2) is 0 Å². The number of carbonyl (C=O) groups excluding carboxylic acids is 6. The number of amides is 4. The number of ketones is 2. The number of Topliss-reactive ketones (excluding diaryl/α,β-unsaturated/α-hetero) is 2. The van der Waals surface area contributed by atoms with Gasteiger partial charge in [0.1, 0.15) is 6.04 Å². The molecule has 0 bridgehead atoms. The summed E-state index contributed by atoms with van der Waals surface area (Å²) in [4.78, 5) is 77.4. The van der Waals surface area contributed by atoms with Crippen LogP contribution in [0.4, 0.5) is 0 Å². The maximum absolute atomic E-state index is 13.9. The van der Waals surface area contributed by atoms with E-state index in [1.807, 2.05) is 0 Å². The summed E-state index contributed by atoms with van der Waals surface area (Å²) in [6, 6.07) is 8.58. The number of aliphatic hydroxyl groups is 1. The molecule has 3 atom stereocenters. The summed E-state index contributed by atoms with van der Waals surface area (Å²) in [6.07, 6.45) is -1.13. The molecule has 8 N–H and O–H groups in total. The Morgan fingerprint density at radius 2 is 1.69 bits per heavy atom. The third kappa shape index (κ3) is 9.02. The average molecular weight is 675 g/mol. The fourth-order valence-corrected chi connectivity index (χ4v) is 5.80. The van der Waals surface area contributed by atoms with E-state index in [2.05, 4.69) is 16.0 Å². The number of fused-ring (bicyclic) bond motifs is 1. The van der Waals surface area contributed by atoms with E-state index in [1.54, 1.807) is 23.6 Å². The molecule has 1 aliphatic heterocycles. The Kier molecular flexibility index (Phi) is 12.4. The molecule has 249 valence electrons. The number of nitrogens with two attached hydrogens (primary N) is 1. The lowest BCUT2D eigenvalue weighted by molar-refractivity contribution is -0.137. The van der Waals surface area contributed by atoms with E-state index in [0.717, 1.165) is 7.48 Å². The smallest absolute Gasteiger partial charge is 0.450 e. The van der Waals surface area contributed by atoms with E-state index in [9.17, 15) is 43.9 Å². The molecule has 0 fully saturated rings. The van der Waals surface area contributed by atoms with Gasteiger partial charge in [0.2, 0.25) is 17.6 Å². The number of rotatable bonds is 16. The normalized spacial score (nSPS) is 13.9. The van der Waals surface area contributed by atoms with Crippen molar-refractivity contribution in [3.63, 3.8) is 0 Å². The average Bonchev–Trinajstić information content (AvgIpc) is 3.75. The van der Waals surface area contributed by atoms with Gasteiger partial charge in [-0.05, 0) is 58.6 Å². The second-order valence-corrected chi connectivity index (χ2v) is 12.1. The first kappa shape index (κ1) is 36.2. The molecule has 4 rings (SSSR count). The Morgan fingerprint density at radius 1 is 0.979 bits per heavy atom. The fourth-order valence-electron chi connectivity index (χ4n) is 5.02. The monoisotopic (exact) mass is 675 g/mol. The van der Waals surface area contributed by atoms with E-state index >= 15 is 0 Å². The van der Waals surface area contributed by atoms with Crippen LogP contribution in [0.25, 0.3) is 0 Å². The van der Waals surface area contributed by atoms with Crippen LogP contribution in [0.5, 0.6) is 0 Å². The Balaban J connectivity index is 1.59. The SMILES string of the molecule is CC(NC(=O)c1ccc2c(c1)B(O)OC2)C(NC(=O)c1ccc(CO)c([B]O)c1)C(=O)NC(CC(=O)C(=O)CCC(N)=O)c1cccs1. The lowest BCUT2D eigenvalue weighted by atomic mass is 9.78. The molecule has 2 heterocycles. The Bertz CT molecular complexity index is 1700. The lowest BCUT2D eigenvalue weighted by Crippen LogP contribution is -2.58. The summed E-state index contributed by atoms with van der Waals surface area (Å²) in [5, 5.41) is 38.9. The van der Waals surface area contributed by atoms with Gasteiger partial charge >= 0.3 is 14.6 Å². The molecule has 48 heavy (non-hydrogen) atoms. The van der Waals surface area contributed by atoms with Crippen LogP contribution in [-0.4, -0.2) is 77.0 Å². The first-order valence-corrected chi connectivity index (χ1v) is 15.7. The summed E-state index contributed by atoms with van der Waals surface area (Å²) in [5.74, 6) is -4.59. The number of benzene rings is 2. The molecule has 0 saturated heterocycles. The van der Waals surface area contributed by atoms with Crippen molar-refractivity contribution >= 4 is 72.1 Å². The molecule has 3 unspecified atom stereocenters. The molecule has 2 aromatic carbocycles. The van der Waals surface area contributed by atoms with Gasteiger partial charge < -0.3 is 41.5 Å². The van der Waals surface area contributed by atoms with Gasteiger partial charge in [0, 0.05) is 35.3 Å². The van der Waals surface area contributed by atoms with Crippen molar-refractivity contribution in [2.24, 2.45) is 5.73 Å². The van der Waals surface area contributed by atoms with Gasteiger partial charge in [0.05, 0.1) is 25.3 Å². The van der Waals surface area contributed by atoms with Crippen LogP contribution >= 0.6 is 11.3 Å². The number of carbonyl (C=O) groups is 6. The maximum atomic E-state index is 13.9. The van der Waals surface area contributed by atoms with E-state index in [0.29, 0.717) is 21.5 Å². The molecule has 1 aromatic heterocycles. The van der Waals surface area contributed by atoms with Crippen molar-refractivity contribution in [1.29, 1.82) is 0 Å². The largest absolute Gasteiger partial charge is 0.491 e. The number of nitrogens with one attached hydrogen (secondary N) is 3. The summed E-state index contributed by atoms with van der Waals surface area (Å²) in [7, 11) is -0.470. The van der Waals surface area contributed by atoms with E-state index in [4.69, 9.17) is 10.4 Å². The third-order valence-electron chi connectivity index (χ3n) is 7.72. The minimum Gasteiger partial charge on any atom is -0.450 e. The molecule has 1 radical (unpaired) electrons. The second kappa shape index (κ2) is 16.4. The highest BCUT2D eigenvalue weighted by Crippen LogP contribution is 2.23. The molecule has 14 nitrogen and oxygen atoms in total. The molecular formula is C31H33B2N4O10S. The van der Waals surface area contributed by atoms with Gasteiger partial charge in [-0.15, -0.1) is 11.3 Å². The van der Waals surface area contributed by atoms with Crippen LogP contribution in [0.15, 0.2) is 53.9 Å². The van der Waals surface area contributed by atoms with Crippen molar-refractivity contribution in [2.45, 2.75) is 57.5 Å². The molecule has 1 aliphatic rings. The van der Waals surface area contributed by atoms with Gasteiger partial charge in [0.25, 0.3) is 11.8 Å². The predicted molar refractivity (Wildman–Crippen MR) is 175 cm³/mol. The number of thiophene rings is 1. The molecule has 4 amide bonds. The van der Waals surface area contributed by atoms with Crippen LogP contribution in [0.1, 0.15) is 68.9 Å². The molecule has 0 saturated carbocycles. The second-order valence-electron chi connectivity index (χ2n) is 11.1. The van der Waals surface area contributed by atoms with Crippen LogP contribution < -0.4 is 32.6 Å². The topological polar surface area (TPSA) is 234 Å². The zero-order valence-corrected chi connectivity index (χ0v) is 26.6. The number of primary amides is 1. The minimum absolute atomic E-state index is 0.0291. The highest BCUT2D eigenvalue weighted by atomic mass is 32.1. The van der Waals surface area contributed by atoms with Crippen LogP contribution in [0.3, 0.4) is 0 Å². The van der Waals surface area contributed by atoms with Crippen molar-refractivity contribution in [1.82, 2.24) is 16.0 Å². The Labute approximate surface area is 280 Å². The minimum atomic E-state index is -1.44. The zero-order valence-electron chi connectivity index (χ0n) is 25.8. The van der Waals surface area contributed by atoms with Crippen LogP contribution in [0, 0.1) is 0 Å². The Hall–Kier alpha value is -4.67. The highest BCUT2D eigenvalue weighted by molar-refractivity contribution is 7.10. The van der Waals surface area contributed by atoms with Crippen LogP contribution in [0.2, 0.25) is 0 Å². The standard InChI is InChI=1S/C31H33B2N4O10S/c1-16(35-29(42)18-5-7-20-15-47-33(46)22(20)12-18)28(37-30(43)17-4-6-19(14-38)21(11-17)32-45)31(44)36-23(26-3-2-10-48-26)13-25(40)24(39)8-9-27(34)41/h2-7,10-12,16,23,28,38,45-46H,8-9,13-15H2,1H3,(H2,34,41)(H,35,42)(H,36,44)(H,37,43). The number of hydrogen-bond donors (Lipinski definition) is 7. The van der Waals surface area contributed by atoms with Gasteiger partial charge in [-0.3, -0.25) is 28.8 Å². The van der Waals surface area contributed by atoms with E-state index in [1.165, 1.54) is 48.6 Å². The molecule has 0 aliphatic carbocycles. The van der Waals surface area contributed by atoms with Crippen molar-refractivity contribution in [3.8, 4) is 0 Å². The van der Waals surface area contributed by atoms with Crippen molar-refractivity contribution in [3.05, 3.63) is 81.0 Å². The van der Waals surface area contributed by atoms with Crippen molar-refractivity contribution in [2.75, 3.05) is 0 Å². The quantitative estimate of drug-likeness (QED) is 0.0669.